The summed E-state index contributed by atoms with van der Waals surface area (Å²) >= 11 is 5.88. The zero-order valence-corrected chi connectivity index (χ0v) is 13.0. The summed E-state index contributed by atoms with van der Waals surface area (Å²) in [5.41, 5.74) is 1.48. The molecule has 1 N–H and O–H groups in total. The van der Waals surface area contributed by atoms with Crippen LogP contribution in [0.2, 0.25) is 5.02 Å². The maximum Gasteiger partial charge on any atom is 0.223 e. The minimum absolute atomic E-state index is 0.257. The third kappa shape index (κ3) is 4.14. The molecule has 2 rings (SSSR count). The molecular weight excluding hydrogens is 300 g/mol. The van der Waals surface area contributed by atoms with Gasteiger partial charge in [0.15, 0.2) is 5.75 Å². The van der Waals surface area contributed by atoms with Crippen LogP contribution >= 0.6 is 11.6 Å². The average Bonchev–Trinajstić information content (AvgIpc) is 2.47. The van der Waals surface area contributed by atoms with Crippen LogP contribution in [0, 0.1) is 12.3 Å². The van der Waals surface area contributed by atoms with E-state index in [1.165, 1.54) is 12.3 Å². The van der Waals surface area contributed by atoms with E-state index in [2.05, 4.69) is 5.92 Å². The highest BCUT2D eigenvalue weighted by Gasteiger charge is 2.10. The van der Waals surface area contributed by atoms with Crippen LogP contribution in [0.4, 0.5) is 0 Å². The van der Waals surface area contributed by atoms with Crippen molar-refractivity contribution in [1.82, 2.24) is 9.47 Å². The van der Waals surface area contributed by atoms with Crippen LogP contribution in [0.15, 0.2) is 41.3 Å². The third-order valence-corrected chi connectivity index (χ3v) is 3.59. The smallest absolute Gasteiger partial charge is 0.223 e. The number of halogens is 1. The molecular formula is C17H17ClN2O2. The summed E-state index contributed by atoms with van der Waals surface area (Å²) in [6.07, 6.45) is 6.84. The van der Waals surface area contributed by atoms with Gasteiger partial charge in [0, 0.05) is 43.1 Å². The monoisotopic (exact) mass is 316 g/mol. The zero-order chi connectivity index (χ0) is 16.1. The van der Waals surface area contributed by atoms with Gasteiger partial charge in [0.1, 0.15) is 0 Å². The Labute approximate surface area is 134 Å². The van der Waals surface area contributed by atoms with Crippen LogP contribution in [0.25, 0.3) is 0 Å². The Kier molecular flexibility index (Phi) is 5.26. The summed E-state index contributed by atoms with van der Waals surface area (Å²) < 4.78 is 1.72. The van der Waals surface area contributed by atoms with E-state index in [1.54, 1.807) is 11.6 Å². The minimum atomic E-state index is -0.389. The van der Waals surface area contributed by atoms with Gasteiger partial charge in [0.2, 0.25) is 5.43 Å². The van der Waals surface area contributed by atoms with Crippen molar-refractivity contribution in [2.75, 3.05) is 6.54 Å². The van der Waals surface area contributed by atoms with E-state index in [1.807, 2.05) is 29.2 Å². The fourth-order valence-corrected chi connectivity index (χ4v) is 2.31. The summed E-state index contributed by atoms with van der Waals surface area (Å²) in [5.74, 6) is 2.37. The van der Waals surface area contributed by atoms with E-state index >= 15 is 0 Å². The lowest BCUT2D eigenvalue weighted by molar-refractivity contribution is 0.282. The number of rotatable bonds is 5. The normalized spacial score (nSPS) is 10.6. The molecule has 0 amide bonds. The second kappa shape index (κ2) is 7.17. The summed E-state index contributed by atoms with van der Waals surface area (Å²) in [6, 6.07) is 8.99. The van der Waals surface area contributed by atoms with Crippen LogP contribution in [-0.2, 0) is 20.1 Å². The molecule has 0 fully saturated rings. The number of hydrogen-bond donors (Lipinski definition) is 1. The van der Waals surface area contributed by atoms with Gasteiger partial charge >= 0.3 is 0 Å². The van der Waals surface area contributed by atoms with E-state index in [-0.39, 0.29) is 11.2 Å². The lowest BCUT2D eigenvalue weighted by atomic mass is 10.2. The molecule has 5 heteroatoms. The fraction of sp³-hybridized carbons (Fsp3) is 0.235. The number of aromatic nitrogens is 1. The van der Waals surface area contributed by atoms with Crippen LogP contribution in [0.3, 0.4) is 0 Å². The molecule has 0 spiro atoms. The van der Waals surface area contributed by atoms with E-state index in [0.29, 0.717) is 24.7 Å². The van der Waals surface area contributed by atoms with Gasteiger partial charge in [0.05, 0.1) is 6.54 Å². The van der Waals surface area contributed by atoms with E-state index < -0.39 is 0 Å². The van der Waals surface area contributed by atoms with Crippen LogP contribution in [-0.4, -0.2) is 21.1 Å². The van der Waals surface area contributed by atoms with Crippen molar-refractivity contribution in [2.45, 2.75) is 13.1 Å². The van der Waals surface area contributed by atoms with Crippen molar-refractivity contribution < 1.29 is 5.11 Å². The maximum atomic E-state index is 11.6. The summed E-state index contributed by atoms with van der Waals surface area (Å²) in [5, 5.41) is 10.1. The largest absolute Gasteiger partial charge is 0.503 e. The molecule has 22 heavy (non-hydrogen) atoms. The molecule has 0 aliphatic heterocycles. The minimum Gasteiger partial charge on any atom is -0.503 e. The van der Waals surface area contributed by atoms with Crippen molar-refractivity contribution in [2.24, 2.45) is 7.05 Å². The molecule has 0 radical (unpaired) electrons. The molecule has 114 valence electrons. The van der Waals surface area contributed by atoms with Crippen molar-refractivity contribution in [3.63, 3.8) is 0 Å². The van der Waals surface area contributed by atoms with E-state index in [4.69, 9.17) is 18.0 Å². The predicted octanol–water partition coefficient (Wildman–Crippen LogP) is 2.38. The van der Waals surface area contributed by atoms with E-state index in [9.17, 15) is 9.90 Å². The topological polar surface area (TPSA) is 45.5 Å². The maximum absolute atomic E-state index is 11.6. The number of aromatic hydroxyl groups is 1. The molecule has 1 aromatic carbocycles. The molecule has 0 saturated heterocycles. The second-order valence-corrected chi connectivity index (χ2v) is 5.54. The van der Waals surface area contributed by atoms with E-state index in [0.717, 1.165) is 11.3 Å². The number of terminal acetylenes is 1. The first-order chi connectivity index (χ1) is 10.5. The quantitative estimate of drug-likeness (QED) is 0.862. The van der Waals surface area contributed by atoms with Crippen LogP contribution < -0.4 is 5.43 Å². The highest BCUT2D eigenvalue weighted by atomic mass is 35.5. The van der Waals surface area contributed by atoms with Gasteiger partial charge in [-0.15, -0.1) is 6.42 Å². The number of hydrogen-bond acceptors (Lipinski definition) is 3. The van der Waals surface area contributed by atoms with Crippen LogP contribution in [0.1, 0.15) is 11.3 Å². The molecule has 0 unspecified atom stereocenters. The fourth-order valence-electron chi connectivity index (χ4n) is 2.19. The molecule has 2 aromatic rings. The van der Waals surface area contributed by atoms with Crippen molar-refractivity contribution in [3.8, 4) is 18.1 Å². The number of aryl methyl sites for hydroxylation is 1. The molecule has 1 heterocycles. The summed E-state index contributed by atoms with van der Waals surface area (Å²) in [6.45, 7) is 1.62. The predicted molar refractivity (Wildman–Crippen MR) is 87.7 cm³/mol. The van der Waals surface area contributed by atoms with Gasteiger partial charge in [-0.05, 0) is 17.7 Å². The van der Waals surface area contributed by atoms with Gasteiger partial charge < -0.3 is 9.67 Å². The number of nitrogens with zero attached hydrogens (tertiary/aromatic N) is 2. The van der Waals surface area contributed by atoms with Crippen LogP contribution in [0.5, 0.6) is 5.75 Å². The standard InChI is InChI=1S/C17H17ClN2O2/c1-3-8-20(10-13-4-6-14(18)7-5-13)11-15-9-16(21)17(22)12-19(15)2/h1,4-7,9,12,22H,8,10-11H2,2H3. The highest BCUT2D eigenvalue weighted by molar-refractivity contribution is 6.30. The van der Waals surface area contributed by atoms with Gasteiger partial charge in [-0.25, -0.2) is 0 Å². The first-order valence-electron chi connectivity index (χ1n) is 6.78. The highest BCUT2D eigenvalue weighted by Crippen LogP contribution is 2.13. The first-order valence-corrected chi connectivity index (χ1v) is 7.16. The molecule has 0 saturated carbocycles. The number of benzene rings is 1. The lowest BCUT2D eigenvalue weighted by Crippen LogP contribution is -2.25. The zero-order valence-electron chi connectivity index (χ0n) is 12.3. The molecule has 0 atom stereocenters. The number of pyridine rings is 1. The first kappa shape index (κ1) is 16.2. The van der Waals surface area contributed by atoms with Gasteiger partial charge in [0.25, 0.3) is 0 Å². The lowest BCUT2D eigenvalue weighted by Gasteiger charge is -2.21. The van der Waals surface area contributed by atoms with Gasteiger partial charge in [-0.3, -0.25) is 9.69 Å². The summed E-state index contributed by atoms with van der Waals surface area (Å²) in [7, 11) is 1.78. The van der Waals surface area contributed by atoms with Crippen molar-refractivity contribution >= 4 is 11.6 Å². The van der Waals surface area contributed by atoms with Gasteiger partial charge in [-0.1, -0.05) is 29.7 Å². The molecule has 1 aromatic heterocycles. The Balaban J connectivity index is 2.18. The Morgan fingerprint density at radius 3 is 2.64 bits per heavy atom. The van der Waals surface area contributed by atoms with Crippen molar-refractivity contribution in [1.29, 1.82) is 0 Å². The molecule has 0 bridgehead atoms. The molecule has 4 nitrogen and oxygen atoms in total. The Hall–Kier alpha value is -2.22. The summed E-state index contributed by atoms with van der Waals surface area (Å²) in [4.78, 5) is 13.6. The third-order valence-electron chi connectivity index (χ3n) is 3.34. The second-order valence-electron chi connectivity index (χ2n) is 5.10. The molecule has 0 aliphatic carbocycles. The van der Waals surface area contributed by atoms with Gasteiger partial charge in [-0.2, -0.15) is 0 Å². The molecule has 0 aliphatic rings. The average molecular weight is 317 g/mol. The Morgan fingerprint density at radius 1 is 1.32 bits per heavy atom. The SMILES string of the molecule is C#CCN(Cc1ccc(Cl)cc1)Cc1cc(=O)c(O)cn1C. The Bertz CT molecular complexity index is 745. The Morgan fingerprint density at radius 2 is 2.00 bits per heavy atom. The van der Waals surface area contributed by atoms with Crippen molar-refractivity contribution in [3.05, 3.63) is 63.0 Å².